The summed E-state index contributed by atoms with van der Waals surface area (Å²) >= 11 is 0. The van der Waals surface area contributed by atoms with Gasteiger partial charge in [0.25, 0.3) is 0 Å². The molecule has 0 radical (unpaired) electrons. The lowest BCUT2D eigenvalue weighted by Gasteiger charge is -2.28. The molecular formula is C11H25N2+. The number of quaternary nitrogens is 1. The smallest absolute Gasteiger partial charge is 0.135 e. The van der Waals surface area contributed by atoms with Gasteiger partial charge in [0.05, 0.1) is 26.7 Å². The van der Waals surface area contributed by atoms with Gasteiger partial charge in [0.1, 0.15) is 6.67 Å². The van der Waals surface area contributed by atoms with E-state index in [1.165, 1.54) is 56.6 Å². The molecule has 13 heavy (non-hydrogen) atoms. The highest BCUT2D eigenvalue weighted by molar-refractivity contribution is 4.60. The molecule has 1 aliphatic heterocycles. The van der Waals surface area contributed by atoms with Crippen LogP contribution in [-0.2, 0) is 0 Å². The van der Waals surface area contributed by atoms with E-state index in [1.807, 2.05) is 0 Å². The van der Waals surface area contributed by atoms with Crippen molar-refractivity contribution in [2.24, 2.45) is 0 Å². The van der Waals surface area contributed by atoms with Gasteiger partial charge in [0.15, 0.2) is 0 Å². The van der Waals surface area contributed by atoms with Crippen LogP contribution >= 0.6 is 0 Å². The maximum Gasteiger partial charge on any atom is 0.135 e. The van der Waals surface area contributed by atoms with E-state index in [0.29, 0.717) is 0 Å². The molecule has 1 atom stereocenters. The quantitative estimate of drug-likeness (QED) is 0.591. The topological polar surface area (TPSA) is 3.24 Å². The van der Waals surface area contributed by atoms with Crippen molar-refractivity contribution in [2.45, 2.75) is 33.1 Å². The molecule has 0 aromatic rings. The molecule has 1 rings (SSSR count). The molecule has 1 saturated heterocycles. The Morgan fingerprint density at radius 2 is 2.00 bits per heavy atom. The van der Waals surface area contributed by atoms with Gasteiger partial charge in [-0.05, 0) is 12.8 Å². The number of likely N-dealkylation sites (N-methyl/N-ethyl adjacent to an activating group) is 1. The van der Waals surface area contributed by atoms with Crippen LogP contribution in [0, 0.1) is 0 Å². The number of nitrogens with zero attached hydrogens (tertiary/aromatic N) is 2. The van der Waals surface area contributed by atoms with E-state index in [9.17, 15) is 0 Å². The molecule has 0 N–H and O–H groups in total. The predicted octanol–water partition coefficient (Wildman–Crippen LogP) is 1.92. The molecule has 0 amide bonds. The van der Waals surface area contributed by atoms with E-state index < -0.39 is 0 Å². The van der Waals surface area contributed by atoms with Crippen molar-refractivity contribution in [2.75, 3.05) is 39.9 Å². The Labute approximate surface area is 83.1 Å². The van der Waals surface area contributed by atoms with E-state index >= 15 is 0 Å². The molecule has 1 heterocycles. The van der Waals surface area contributed by atoms with Gasteiger partial charge in [-0.25, -0.2) is 0 Å². The van der Waals surface area contributed by atoms with Crippen LogP contribution in [0.25, 0.3) is 0 Å². The summed E-state index contributed by atoms with van der Waals surface area (Å²) in [6.07, 6.45) is 4.01. The molecule has 0 saturated carbocycles. The Balaban J connectivity index is 2.26. The second-order valence-corrected chi connectivity index (χ2v) is 4.68. The fourth-order valence-corrected chi connectivity index (χ4v) is 2.29. The third kappa shape index (κ3) is 3.28. The Morgan fingerprint density at radius 1 is 1.23 bits per heavy atom. The molecule has 2 nitrogen and oxygen atoms in total. The van der Waals surface area contributed by atoms with Crippen molar-refractivity contribution in [1.82, 2.24) is 4.90 Å². The van der Waals surface area contributed by atoms with Crippen molar-refractivity contribution in [3.05, 3.63) is 0 Å². The minimum absolute atomic E-state index is 1.28. The van der Waals surface area contributed by atoms with E-state index in [1.54, 1.807) is 0 Å². The largest absolute Gasteiger partial charge is 0.312 e. The second kappa shape index (κ2) is 4.97. The monoisotopic (exact) mass is 185 g/mol. The molecule has 1 unspecified atom stereocenters. The van der Waals surface area contributed by atoms with E-state index in [0.717, 1.165) is 0 Å². The van der Waals surface area contributed by atoms with Gasteiger partial charge in [-0.15, -0.1) is 0 Å². The predicted molar refractivity (Wildman–Crippen MR) is 57.6 cm³/mol. The second-order valence-electron chi connectivity index (χ2n) is 4.68. The molecule has 1 fully saturated rings. The van der Waals surface area contributed by atoms with Gasteiger partial charge < -0.3 is 4.48 Å². The molecule has 0 bridgehead atoms. The molecule has 0 aromatic carbocycles. The van der Waals surface area contributed by atoms with Crippen molar-refractivity contribution < 1.29 is 4.48 Å². The number of hydrogen-bond donors (Lipinski definition) is 0. The first kappa shape index (κ1) is 11.0. The van der Waals surface area contributed by atoms with Crippen LogP contribution in [0.5, 0.6) is 0 Å². The third-order valence-electron chi connectivity index (χ3n) is 3.09. The summed E-state index contributed by atoms with van der Waals surface area (Å²) in [6, 6.07) is 0. The molecule has 2 heteroatoms. The average Bonchev–Trinajstić information content (AvgIpc) is 2.45. The van der Waals surface area contributed by atoms with Gasteiger partial charge in [0, 0.05) is 6.54 Å². The molecule has 78 valence electrons. The molecule has 0 spiro atoms. The number of hydrogen-bond acceptors (Lipinski definition) is 1. The maximum absolute atomic E-state index is 2.62. The van der Waals surface area contributed by atoms with Gasteiger partial charge in [-0.2, -0.15) is 0 Å². The van der Waals surface area contributed by atoms with Crippen molar-refractivity contribution >= 4 is 0 Å². The van der Waals surface area contributed by atoms with Crippen LogP contribution < -0.4 is 0 Å². The Kier molecular flexibility index (Phi) is 4.20. The maximum atomic E-state index is 2.62. The molecule has 0 aromatic heterocycles. The van der Waals surface area contributed by atoms with Gasteiger partial charge in [0.2, 0.25) is 0 Å². The van der Waals surface area contributed by atoms with Crippen LogP contribution in [-0.4, -0.2) is 49.3 Å². The van der Waals surface area contributed by atoms with E-state index in [-0.39, 0.29) is 0 Å². The lowest BCUT2D eigenvalue weighted by molar-refractivity contribution is -0.901. The number of unbranched alkanes of at least 4 members (excludes halogenated alkanes) is 1. The Morgan fingerprint density at radius 3 is 2.62 bits per heavy atom. The average molecular weight is 185 g/mol. The highest BCUT2D eigenvalue weighted by Crippen LogP contribution is 2.14. The Bertz CT molecular complexity index is 147. The highest BCUT2D eigenvalue weighted by Gasteiger charge is 2.30. The van der Waals surface area contributed by atoms with Crippen LogP contribution in [0.2, 0.25) is 0 Å². The molecule has 1 aliphatic rings. The van der Waals surface area contributed by atoms with Crippen LogP contribution in [0.1, 0.15) is 33.1 Å². The molecule has 0 aliphatic carbocycles. The summed E-state index contributed by atoms with van der Waals surface area (Å²) < 4.78 is 1.28. The van der Waals surface area contributed by atoms with E-state index in [4.69, 9.17) is 0 Å². The SMILES string of the molecule is CCCCN1CC[N+](C)(CCC)C1. The zero-order valence-corrected chi connectivity index (χ0v) is 9.55. The fraction of sp³-hybridized carbons (Fsp3) is 1.00. The van der Waals surface area contributed by atoms with Gasteiger partial charge >= 0.3 is 0 Å². The first-order chi connectivity index (χ1) is 6.20. The van der Waals surface area contributed by atoms with Crippen molar-refractivity contribution in [1.29, 1.82) is 0 Å². The highest BCUT2D eigenvalue weighted by atomic mass is 15.5. The zero-order chi connectivity index (χ0) is 9.73. The van der Waals surface area contributed by atoms with Crippen LogP contribution in [0.15, 0.2) is 0 Å². The summed E-state index contributed by atoms with van der Waals surface area (Å²) in [5, 5.41) is 0. The lowest BCUT2D eigenvalue weighted by atomic mass is 10.3. The summed E-state index contributed by atoms with van der Waals surface area (Å²) in [5.74, 6) is 0. The summed E-state index contributed by atoms with van der Waals surface area (Å²) in [5.41, 5.74) is 0. The summed E-state index contributed by atoms with van der Waals surface area (Å²) in [7, 11) is 2.40. The third-order valence-corrected chi connectivity index (χ3v) is 3.09. The van der Waals surface area contributed by atoms with Crippen LogP contribution in [0.3, 0.4) is 0 Å². The van der Waals surface area contributed by atoms with Gasteiger partial charge in [-0.3, -0.25) is 4.90 Å². The fourth-order valence-electron chi connectivity index (χ4n) is 2.29. The van der Waals surface area contributed by atoms with Crippen LogP contribution in [0.4, 0.5) is 0 Å². The van der Waals surface area contributed by atoms with Crippen molar-refractivity contribution in [3.8, 4) is 0 Å². The first-order valence-corrected chi connectivity index (χ1v) is 5.76. The number of rotatable bonds is 5. The summed E-state index contributed by atoms with van der Waals surface area (Å²) in [4.78, 5) is 2.62. The first-order valence-electron chi connectivity index (χ1n) is 5.76. The molecular weight excluding hydrogens is 160 g/mol. The Hall–Kier alpha value is -0.0800. The van der Waals surface area contributed by atoms with Gasteiger partial charge in [-0.1, -0.05) is 20.3 Å². The standard InChI is InChI=1S/C11H25N2/c1-4-6-7-12-8-10-13(3,11-12)9-5-2/h4-11H2,1-3H3/q+1. The zero-order valence-electron chi connectivity index (χ0n) is 9.55. The van der Waals surface area contributed by atoms with E-state index in [2.05, 4.69) is 25.8 Å². The lowest BCUT2D eigenvalue weighted by Crippen LogP contribution is -2.43. The summed E-state index contributed by atoms with van der Waals surface area (Å²) in [6.45, 7) is 11.2. The van der Waals surface area contributed by atoms with Crippen molar-refractivity contribution in [3.63, 3.8) is 0 Å². The minimum Gasteiger partial charge on any atom is -0.312 e. The minimum atomic E-state index is 1.28. The normalized spacial score (nSPS) is 29.8.